The van der Waals surface area contributed by atoms with E-state index in [1.165, 1.54) is 12.4 Å². The summed E-state index contributed by atoms with van der Waals surface area (Å²) in [6, 6.07) is 5.37. The van der Waals surface area contributed by atoms with Crippen LogP contribution in [-0.2, 0) is 9.53 Å². The second kappa shape index (κ2) is 10.5. The molecular formula is C27H33FN6O4. The van der Waals surface area contributed by atoms with Crippen LogP contribution in [0.2, 0.25) is 0 Å². The number of aromatic nitrogens is 3. The fraction of sp³-hybridized carbons (Fsp3) is 0.519. The van der Waals surface area contributed by atoms with E-state index in [0.29, 0.717) is 59.5 Å². The molecule has 1 amide bonds. The molecule has 38 heavy (non-hydrogen) atoms. The summed E-state index contributed by atoms with van der Waals surface area (Å²) in [5.74, 6) is 0.317. The molecule has 1 saturated carbocycles. The minimum absolute atomic E-state index is 0.0687. The van der Waals surface area contributed by atoms with Gasteiger partial charge in [0.05, 0.1) is 11.5 Å². The number of halogens is 1. The molecule has 0 unspecified atom stereocenters. The number of nitrogen functional groups attached to an aromatic ring is 1. The Morgan fingerprint density at radius 1 is 1.16 bits per heavy atom. The normalized spacial score (nSPS) is 24.1. The smallest absolute Gasteiger partial charge is 0.248 e. The molecule has 2 saturated heterocycles. The molecular weight excluding hydrogens is 491 g/mol. The van der Waals surface area contributed by atoms with Crippen molar-refractivity contribution >= 4 is 22.8 Å². The summed E-state index contributed by atoms with van der Waals surface area (Å²) in [6.07, 6.45) is 7.30. The second-order valence-corrected chi connectivity index (χ2v) is 10.3. The molecule has 2 aliphatic heterocycles. The van der Waals surface area contributed by atoms with E-state index in [-0.39, 0.29) is 23.9 Å². The van der Waals surface area contributed by atoms with Gasteiger partial charge in [0.25, 0.3) is 0 Å². The van der Waals surface area contributed by atoms with Crippen LogP contribution >= 0.6 is 0 Å². The zero-order valence-electron chi connectivity index (χ0n) is 21.3. The molecule has 3 fully saturated rings. The molecule has 0 bridgehead atoms. The summed E-state index contributed by atoms with van der Waals surface area (Å²) in [5, 5.41) is 9.75. The van der Waals surface area contributed by atoms with Crippen molar-refractivity contribution in [3.8, 4) is 16.9 Å². The Bertz CT molecular complexity index is 1310. The highest BCUT2D eigenvalue weighted by Gasteiger charge is 2.37. The van der Waals surface area contributed by atoms with Gasteiger partial charge >= 0.3 is 0 Å². The highest BCUT2D eigenvalue weighted by molar-refractivity contribution is 6.01. The molecule has 11 heteroatoms. The zero-order valence-corrected chi connectivity index (χ0v) is 21.3. The van der Waals surface area contributed by atoms with Gasteiger partial charge in [0.1, 0.15) is 42.6 Å². The molecule has 1 aromatic carbocycles. The molecule has 0 spiro atoms. The number of rotatable bonds is 7. The first kappa shape index (κ1) is 25.0. The lowest BCUT2D eigenvalue weighted by molar-refractivity contribution is -0.136. The van der Waals surface area contributed by atoms with Crippen molar-refractivity contribution in [3.05, 3.63) is 36.5 Å². The lowest BCUT2D eigenvalue weighted by atomic mass is 9.85. The van der Waals surface area contributed by atoms with Crippen molar-refractivity contribution in [3.63, 3.8) is 0 Å². The van der Waals surface area contributed by atoms with E-state index < -0.39 is 6.61 Å². The van der Waals surface area contributed by atoms with Crippen molar-refractivity contribution in [1.29, 1.82) is 0 Å². The van der Waals surface area contributed by atoms with Gasteiger partial charge < -0.3 is 29.8 Å². The van der Waals surface area contributed by atoms with Crippen LogP contribution in [0.1, 0.15) is 31.7 Å². The molecule has 3 N–H and O–H groups in total. The number of carbonyl (C=O) groups is 1. The first-order valence-electron chi connectivity index (χ1n) is 13.3. The van der Waals surface area contributed by atoms with E-state index >= 15 is 4.39 Å². The Labute approximate surface area is 220 Å². The van der Waals surface area contributed by atoms with E-state index in [1.54, 1.807) is 17.0 Å². The van der Waals surface area contributed by atoms with Gasteiger partial charge in [-0.2, -0.15) is 0 Å². The number of hydrogen-bond acceptors (Lipinski definition) is 8. The number of amides is 1. The summed E-state index contributed by atoms with van der Waals surface area (Å²) in [5.41, 5.74) is 8.04. The summed E-state index contributed by atoms with van der Waals surface area (Å²) in [7, 11) is 0. The van der Waals surface area contributed by atoms with Crippen molar-refractivity contribution in [2.75, 3.05) is 51.7 Å². The maximum Gasteiger partial charge on any atom is 0.248 e. The summed E-state index contributed by atoms with van der Waals surface area (Å²) >= 11 is 0. The summed E-state index contributed by atoms with van der Waals surface area (Å²) < 4.78 is 28.8. The average molecular weight is 525 g/mol. The number of ether oxygens (including phenoxy) is 2. The lowest BCUT2D eigenvalue weighted by Crippen LogP contribution is -2.55. The van der Waals surface area contributed by atoms with E-state index in [1.807, 2.05) is 6.20 Å². The molecule has 3 aromatic rings. The lowest BCUT2D eigenvalue weighted by Gasteiger charge is -2.46. The van der Waals surface area contributed by atoms with Gasteiger partial charge in [0, 0.05) is 62.2 Å². The predicted molar refractivity (Wildman–Crippen MR) is 139 cm³/mol. The Morgan fingerprint density at radius 3 is 2.71 bits per heavy atom. The van der Waals surface area contributed by atoms with Crippen LogP contribution in [0.3, 0.4) is 0 Å². The van der Waals surface area contributed by atoms with Crippen LogP contribution < -0.4 is 10.5 Å². The molecule has 6 rings (SSSR count). The maximum absolute atomic E-state index is 15.2. The monoisotopic (exact) mass is 524 g/mol. The van der Waals surface area contributed by atoms with E-state index in [2.05, 4.69) is 19.4 Å². The predicted octanol–water partition coefficient (Wildman–Crippen LogP) is 2.22. The van der Waals surface area contributed by atoms with Crippen molar-refractivity contribution in [2.24, 2.45) is 0 Å². The molecule has 3 aliphatic rings. The standard InChI is InChI=1S/C27H33FN6O4/c28-23-4-3-19(38-15-20-2-1-9-37-20)12-21(23)22-13-34(27-25(22)26(29)30-16-31-27)18-10-17(11-18)32-5-7-33(8-6-32)24(36)14-35/h3-4,12-13,16-18,20,35H,1-2,5-11,14-15H2,(H2,29,30,31)/t17?,18?,20-/m0/s1. The summed E-state index contributed by atoms with van der Waals surface area (Å²) in [6.45, 7) is 3.59. The van der Waals surface area contributed by atoms with E-state index in [0.717, 1.165) is 45.4 Å². The van der Waals surface area contributed by atoms with E-state index in [4.69, 9.17) is 20.3 Å². The van der Waals surface area contributed by atoms with Crippen LogP contribution in [0.4, 0.5) is 10.2 Å². The number of benzene rings is 1. The Balaban J connectivity index is 1.21. The highest BCUT2D eigenvalue weighted by Crippen LogP contribution is 2.43. The number of carbonyl (C=O) groups excluding carboxylic acids is 1. The Hall–Kier alpha value is -3.28. The third-order valence-electron chi connectivity index (χ3n) is 8.13. The van der Waals surface area contributed by atoms with E-state index in [9.17, 15) is 4.79 Å². The molecule has 4 heterocycles. The number of hydrogen-bond donors (Lipinski definition) is 2. The number of aliphatic hydroxyl groups excluding tert-OH is 1. The molecule has 1 atom stereocenters. The van der Waals surface area contributed by atoms with Gasteiger partial charge in [-0.25, -0.2) is 14.4 Å². The summed E-state index contributed by atoms with van der Waals surface area (Å²) in [4.78, 5) is 24.6. The number of aliphatic hydroxyl groups is 1. The van der Waals surface area contributed by atoms with Gasteiger partial charge in [0.15, 0.2) is 0 Å². The van der Waals surface area contributed by atoms with Gasteiger partial charge in [-0.05, 0) is 43.9 Å². The molecule has 1 aliphatic carbocycles. The first-order chi connectivity index (χ1) is 18.5. The van der Waals surface area contributed by atoms with Crippen LogP contribution in [-0.4, -0.2) is 93.5 Å². The van der Waals surface area contributed by atoms with Gasteiger partial charge in [-0.1, -0.05) is 0 Å². The topological polar surface area (TPSA) is 119 Å². The minimum atomic E-state index is -0.440. The Morgan fingerprint density at radius 2 is 1.97 bits per heavy atom. The SMILES string of the molecule is Nc1ncnc2c1c(-c1cc(OC[C@@H]3CCCO3)ccc1F)cn2C1CC(N2CCN(C(=O)CO)CC2)C1. The van der Waals surface area contributed by atoms with Crippen molar-refractivity contribution in [2.45, 2.75) is 43.9 Å². The largest absolute Gasteiger partial charge is 0.491 e. The first-order valence-corrected chi connectivity index (χ1v) is 13.3. The van der Waals surface area contributed by atoms with Gasteiger partial charge in [0.2, 0.25) is 5.91 Å². The third-order valence-corrected chi connectivity index (χ3v) is 8.13. The fourth-order valence-electron chi connectivity index (χ4n) is 5.88. The number of fused-ring (bicyclic) bond motifs is 1. The van der Waals surface area contributed by atoms with Crippen LogP contribution in [0.25, 0.3) is 22.2 Å². The molecule has 2 aromatic heterocycles. The van der Waals surface area contributed by atoms with Crippen LogP contribution in [0, 0.1) is 5.82 Å². The minimum Gasteiger partial charge on any atom is -0.491 e. The zero-order chi connectivity index (χ0) is 26.2. The number of piperazine rings is 1. The van der Waals surface area contributed by atoms with Crippen LogP contribution in [0.15, 0.2) is 30.7 Å². The average Bonchev–Trinajstić information content (AvgIpc) is 3.57. The fourth-order valence-corrected chi connectivity index (χ4v) is 5.88. The van der Waals surface area contributed by atoms with Crippen LogP contribution in [0.5, 0.6) is 5.75 Å². The molecule has 0 radical (unpaired) electrons. The highest BCUT2D eigenvalue weighted by atomic mass is 19.1. The number of anilines is 1. The second-order valence-electron chi connectivity index (χ2n) is 10.3. The van der Waals surface area contributed by atoms with Gasteiger partial charge in [-0.15, -0.1) is 0 Å². The number of nitrogens with two attached hydrogens (primary N) is 1. The maximum atomic E-state index is 15.2. The molecule has 202 valence electrons. The third kappa shape index (κ3) is 4.70. The molecule has 10 nitrogen and oxygen atoms in total. The quantitative estimate of drug-likeness (QED) is 0.483. The van der Waals surface area contributed by atoms with Crippen molar-refractivity contribution < 1.29 is 23.8 Å². The Kier molecular flexibility index (Phi) is 6.89. The van der Waals surface area contributed by atoms with Gasteiger partial charge in [-0.3, -0.25) is 9.69 Å². The van der Waals surface area contributed by atoms with Crippen molar-refractivity contribution in [1.82, 2.24) is 24.3 Å². The number of nitrogens with zero attached hydrogens (tertiary/aromatic N) is 5.